The van der Waals surface area contributed by atoms with Crippen LogP contribution in [-0.2, 0) is 19.4 Å². The first-order valence-electron chi connectivity index (χ1n) is 6.63. The van der Waals surface area contributed by atoms with E-state index < -0.39 is 0 Å². The normalized spacial score (nSPS) is 10.7. The number of rotatable bonds is 6. The molecule has 0 radical (unpaired) electrons. The molecule has 0 saturated carbocycles. The fraction of sp³-hybridized carbons (Fsp3) is 0.400. The number of aryl methyl sites for hydroxylation is 3. The largest absolute Gasteiger partial charge is 0.396 e. The Kier molecular flexibility index (Phi) is 4.40. The van der Waals surface area contributed by atoms with Crippen molar-refractivity contribution < 1.29 is 0 Å². The smallest absolute Gasteiger partial charge is 0.0719 e. The Hall–Kier alpha value is -1.77. The average Bonchev–Trinajstić information content (AvgIpc) is 2.81. The fourth-order valence-corrected chi connectivity index (χ4v) is 2.05. The van der Waals surface area contributed by atoms with E-state index in [0.29, 0.717) is 0 Å². The van der Waals surface area contributed by atoms with E-state index in [0.717, 1.165) is 31.5 Å². The van der Waals surface area contributed by atoms with E-state index in [9.17, 15) is 0 Å². The topological polar surface area (TPSA) is 43.8 Å². The third-order valence-corrected chi connectivity index (χ3v) is 3.19. The third kappa shape index (κ3) is 3.62. The molecule has 2 N–H and O–H groups in total. The molecule has 0 aliphatic carbocycles. The summed E-state index contributed by atoms with van der Waals surface area (Å²) in [5.74, 6) is 0. The molecule has 3 nitrogen and oxygen atoms in total. The molecule has 0 aliphatic heterocycles. The van der Waals surface area contributed by atoms with E-state index in [-0.39, 0.29) is 0 Å². The van der Waals surface area contributed by atoms with Crippen LogP contribution in [0, 0.1) is 0 Å². The lowest BCUT2D eigenvalue weighted by atomic mass is 10.1. The summed E-state index contributed by atoms with van der Waals surface area (Å²) < 4.78 is 1.91. The molecule has 1 aromatic carbocycles. The van der Waals surface area contributed by atoms with Gasteiger partial charge in [0.15, 0.2) is 0 Å². The van der Waals surface area contributed by atoms with Gasteiger partial charge >= 0.3 is 0 Å². The fourth-order valence-electron chi connectivity index (χ4n) is 2.05. The summed E-state index contributed by atoms with van der Waals surface area (Å²) in [6.07, 6.45) is 8.16. The summed E-state index contributed by atoms with van der Waals surface area (Å²) in [5.41, 5.74) is 9.19. The lowest BCUT2D eigenvalue weighted by molar-refractivity contribution is 0.558. The molecular formula is C15H21N3. The van der Waals surface area contributed by atoms with Crippen LogP contribution in [0.1, 0.15) is 30.9 Å². The number of unbranched alkanes of at least 4 members (excludes halogenated alkanes) is 1. The number of benzene rings is 1. The summed E-state index contributed by atoms with van der Waals surface area (Å²) in [7, 11) is 0. The van der Waals surface area contributed by atoms with Crippen molar-refractivity contribution in [1.82, 2.24) is 9.78 Å². The predicted molar refractivity (Wildman–Crippen MR) is 75.4 cm³/mol. The standard InChI is InChI=1S/C15H21N3/c1-2-13-6-8-14(9-7-13)5-3-4-10-18-12-15(16)11-17-18/h6-9,11-12H,2-5,10,16H2,1H3. The van der Waals surface area contributed by atoms with E-state index in [4.69, 9.17) is 5.73 Å². The van der Waals surface area contributed by atoms with Gasteiger partial charge in [0.1, 0.15) is 0 Å². The highest BCUT2D eigenvalue weighted by Crippen LogP contribution is 2.09. The number of nitrogen functional groups attached to an aromatic ring is 1. The maximum atomic E-state index is 5.62. The Balaban J connectivity index is 1.71. The van der Waals surface area contributed by atoms with Gasteiger partial charge in [0, 0.05) is 12.7 Å². The number of nitrogens with zero attached hydrogens (tertiary/aromatic N) is 2. The van der Waals surface area contributed by atoms with Crippen molar-refractivity contribution in [1.29, 1.82) is 0 Å². The molecule has 0 fully saturated rings. The molecule has 0 bridgehead atoms. The monoisotopic (exact) mass is 243 g/mol. The first kappa shape index (κ1) is 12.7. The molecule has 3 heteroatoms. The van der Waals surface area contributed by atoms with Crippen LogP contribution in [0.15, 0.2) is 36.7 Å². The molecule has 0 aliphatic rings. The second-order valence-corrected chi connectivity index (χ2v) is 4.66. The number of hydrogen-bond donors (Lipinski definition) is 1. The first-order chi connectivity index (χ1) is 8.78. The predicted octanol–water partition coefficient (Wildman–Crippen LogP) is 3.05. The van der Waals surface area contributed by atoms with Crippen molar-refractivity contribution in [3.05, 3.63) is 47.8 Å². The quantitative estimate of drug-likeness (QED) is 0.792. The highest BCUT2D eigenvalue weighted by Gasteiger charge is 1.97. The van der Waals surface area contributed by atoms with Crippen LogP contribution in [0.2, 0.25) is 0 Å². The molecule has 2 aromatic rings. The molecule has 1 heterocycles. The molecule has 0 amide bonds. The van der Waals surface area contributed by atoms with Gasteiger partial charge < -0.3 is 5.73 Å². The molecule has 18 heavy (non-hydrogen) atoms. The number of anilines is 1. The van der Waals surface area contributed by atoms with Crippen LogP contribution in [0.4, 0.5) is 5.69 Å². The van der Waals surface area contributed by atoms with Gasteiger partial charge in [-0.05, 0) is 36.8 Å². The van der Waals surface area contributed by atoms with E-state index >= 15 is 0 Å². The van der Waals surface area contributed by atoms with E-state index in [1.165, 1.54) is 17.5 Å². The van der Waals surface area contributed by atoms with E-state index in [1.54, 1.807) is 6.20 Å². The maximum absolute atomic E-state index is 5.62. The van der Waals surface area contributed by atoms with Gasteiger partial charge in [0.2, 0.25) is 0 Å². The highest BCUT2D eigenvalue weighted by atomic mass is 15.3. The van der Waals surface area contributed by atoms with Crippen LogP contribution < -0.4 is 5.73 Å². The first-order valence-corrected chi connectivity index (χ1v) is 6.63. The molecule has 0 atom stereocenters. The van der Waals surface area contributed by atoms with E-state index in [1.807, 2.05) is 10.9 Å². The minimum atomic E-state index is 0.741. The van der Waals surface area contributed by atoms with Crippen molar-refractivity contribution >= 4 is 5.69 Å². The van der Waals surface area contributed by atoms with Gasteiger partial charge in [-0.25, -0.2) is 0 Å². The SMILES string of the molecule is CCc1ccc(CCCCn2cc(N)cn2)cc1. The zero-order valence-corrected chi connectivity index (χ0v) is 11.0. The lowest BCUT2D eigenvalue weighted by Gasteiger charge is -2.03. The summed E-state index contributed by atoms with van der Waals surface area (Å²) >= 11 is 0. The Morgan fingerprint density at radius 2 is 1.83 bits per heavy atom. The van der Waals surface area contributed by atoms with Gasteiger partial charge in [-0.15, -0.1) is 0 Å². The Bertz CT molecular complexity index is 471. The Labute approximate surface area is 109 Å². The Morgan fingerprint density at radius 3 is 2.44 bits per heavy atom. The van der Waals surface area contributed by atoms with Crippen LogP contribution in [-0.4, -0.2) is 9.78 Å². The number of hydrogen-bond acceptors (Lipinski definition) is 2. The average molecular weight is 243 g/mol. The molecule has 96 valence electrons. The van der Waals surface area contributed by atoms with Crippen molar-refractivity contribution in [3.8, 4) is 0 Å². The summed E-state index contributed by atoms with van der Waals surface area (Å²) in [5, 5.41) is 4.17. The van der Waals surface area contributed by atoms with Gasteiger partial charge in [0.05, 0.1) is 11.9 Å². The number of nitrogens with two attached hydrogens (primary N) is 1. The lowest BCUT2D eigenvalue weighted by Crippen LogP contribution is -1.99. The van der Waals surface area contributed by atoms with Crippen LogP contribution in [0.3, 0.4) is 0 Å². The minimum absolute atomic E-state index is 0.741. The van der Waals surface area contributed by atoms with Crippen LogP contribution in [0.5, 0.6) is 0 Å². The highest BCUT2D eigenvalue weighted by molar-refractivity contribution is 5.30. The Morgan fingerprint density at radius 1 is 1.11 bits per heavy atom. The van der Waals surface area contributed by atoms with E-state index in [2.05, 4.69) is 36.3 Å². The maximum Gasteiger partial charge on any atom is 0.0719 e. The molecule has 0 saturated heterocycles. The minimum Gasteiger partial charge on any atom is -0.396 e. The number of aromatic nitrogens is 2. The molecule has 2 rings (SSSR count). The molecule has 0 unspecified atom stereocenters. The van der Waals surface area contributed by atoms with Gasteiger partial charge in [0.25, 0.3) is 0 Å². The van der Waals surface area contributed by atoms with Crippen LogP contribution >= 0.6 is 0 Å². The summed E-state index contributed by atoms with van der Waals surface area (Å²) in [4.78, 5) is 0. The molecule has 0 spiro atoms. The third-order valence-electron chi connectivity index (χ3n) is 3.19. The van der Waals surface area contributed by atoms with Crippen molar-refractivity contribution in [2.75, 3.05) is 5.73 Å². The summed E-state index contributed by atoms with van der Waals surface area (Å²) in [6.45, 7) is 3.13. The molecular weight excluding hydrogens is 222 g/mol. The zero-order valence-electron chi connectivity index (χ0n) is 11.0. The zero-order chi connectivity index (χ0) is 12.8. The second-order valence-electron chi connectivity index (χ2n) is 4.66. The second kappa shape index (κ2) is 6.24. The summed E-state index contributed by atoms with van der Waals surface area (Å²) in [6, 6.07) is 8.93. The van der Waals surface area contributed by atoms with Crippen molar-refractivity contribution in [3.63, 3.8) is 0 Å². The van der Waals surface area contributed by atoms with Crippen molar-refractivity contribution in [2.24, 2.45) is 0 Å². The van der Waals surface area contributed by atoms with Gasteiger partial charge in [-0.1, -0.05) is 31.2 Å². The molecule has 1 aromatic heterocycles. The van der Waals surface area contributed by atoms with Crippen LogP contribution in [0.25, 0.3) is 0 Å². The van der Waals surface area contributed by atoms with Gasteiger partial charge in [-0.2, -0.15) is 5.10 Å². The van der Waals surface area contributed by atoms with Gasteiger partial charge in [-0.3, -0.25) is 4.68 Å². The van der Waals surface area contributed by atoms with Crippen molar-refractivity contribution in [2.45, 2.75) is 39.2 Å².